The number of hydrogen-bond donors (Lipinski definition) is 2. The molecule has 1 heterocycles. The number of methoxy groups -OCH3 is 1. The van der Waals surface area contributed by atoms with Crippen molar-refractivity contribution in [3.8, 4) is 11.5 Å². The van der Waals surface area contributed by atoms with Gasteiger partial charge in [0.1, 0.15) is 0 Å². The monoisotopic (exact) mass is 264 g/mol. The number of aromatic hydroxyl groups is 1. The Kier molecular flexibility index (Phi) is 5.05. The van der Waals surface area contributed by atoms with Gasteiger partial charge in [0.15, 0.2) is 11.5 Å². The normalized spacial score (nSPS) is 18.8. The molecule has 0 bridgehead atoms. The maximum absolute atomic E-state index is 9.91. The Labute approximate surface area is 115 Å². The number of benzene rings is 1. The molecule has 1 fully saturated rings. The highest BCUT2D eigenvalue weighted by Gasteiger charge is 2.21. The molecule has 1 saturated heterocycles. The lowest BCUT2D eigenvalue weighted by Gasteiger charge is -2.30. The highest BCUT2D eigenvalue weighted by Crippen LogP contribution is 2.31. The molecule has 3 N–H and O–H groups in total. The number of hydrogen-bond acceptors (Lipinski definition) is 4. The summed E-state index contributed by atoms with van der Waals surface area (Å²) in [6, 6.07) is 5.78. The summed E-state index contributed by atoms with van der Waals surface area (Å²) >= 11 is 0. The molecule has 2 rings (SSSR count). The second kappa shape index (κ2) is 6.78. The first-order valence-corrected chi connectivity index (χ1v) is 7.07. The Morgan fingerprint density at radius 2 is 1.95 bits per heavy atom. The molecule has 0 aromatic heterocycles. The maximum Gasteiger partial charge on any atom is 0.160 e. The minimum atomic E-state index is 0.188. The van der Waals surface area contributed by atoms with Gasteiger partial charge in [-0.1, -0.05) is 18.9 Å². The van der Waals surface area contributed by atoms with E-state index in [9.17, 15) is 5.11 Å². The van der Waals surface area contributed by atoms with Gasteiger partial charge in [0.25, 0.3) is 0 Å². The zero-order valence-corrected chi connectivity index (χ0v) is 11.6. The van der Waals surface area contributed by atoms with Crippen molar-refractivity contribution in [3.63, 3.8) is 0 Å². The molecule has 19 heavy (non-hydrogen) atoms. The molecular weight excluding hydrogens is 240 g/mol. The van der Waals surface area contributed by atoms with E-state index in [1.54, 1.807) is 13.2 Å². The average Bonchev–Trinajstić information content (AvgIpc) is 2.69. The van der Waals surface area contributed by atoms with Crippen molar-refractivity contribution < 1.29 is 9.84 Å². The molecule has 0 spiro atoms. The SMILES string of the molecule is COc1ccc(C(CN)N2CCCCCC2)cc1O. The van der Waals surface area contributed by atoms with Gasteiger partial charge in [-0.2, -0.15) is 0 Å². The molecule has 1 atom stereocenters. The summed E-state index contributed by atoms with van der Waals surface area (Å²) in [5.41, 5.74) is 7.02. The second-order valence-electron chi connectivity index (χ2n) is 5.13. The van der Waals surface area contributed by atoms with Crippen LogP contribution in [-0.2, 0) is 0 Å². The van der Waals surface area contributed by atoms with Crippen molar-refractivity contribution in [3.05, 3.63) is 23.8 Å². The third-order valence-electron chi connectivity index (χ3n) is 3.89. The first-order valence-electron chi connectivity index (χ1n) is 7.07. The molecule has 0 saturated carbocycles. The number of likely N-dealkylation sites (tertiary alicyclic amines) is 1. The van der Waals surface area contributed by atoms with Crippen LogP contribution in [0.5, 0.6) is 11.5 Å². The molecule has 106 valence electrons. The van der Waals surface area contributed by atoms with Crippen LogP contribution in [0.15, 0.2) is 18.2 Å². The summed E-state index contributed by atoms with van der Waals surface area (Å²) in [5, 5.41) is 9.91. The maximum atomic E-state index is 9.91. The summed E-state index contributed by atoms with van der Waals surface area (Å²) in [6.45, 7) is 2.76. The number of rotatable bonds is 4. The fourth-order valence-corrected chi connectivity index (χ4v) is 2.82. The fourth-order valence-electron chi connectivity index (χ4n) is 2.82. The second-order valence-corrected chi connectivity index (χ2v) is 5.13. The Balaban J connectivity index is 2.18. The van der Waals surface area contributed by atoms with E-state index in [1.807, 2.05) is 12.1 Å². The van der Waals surface area contributed by atoms with E-state index in [0.29, 0.717) is 12.3 Å². The van der Waals surface area contributed by atoms with E-state index in [0.717, 1.165) is 18.7 Å². The largest absolute Gasteiger partial charge is 0.504 e. The van der Waals surface area contributed by atoms with Gasteiger partial charge in [-0.15, -0.1) is 0 Å². The molecule has 0 amide bonds. The van der Waals surface area contributed by atoms with E-state index < -0.39 is 0 Å². The lowest BCUT2D eigenvalue weighted by Crippen LogP contribution is -2.34. The molecule has 1 aromatic rings. The van der Waals surface area contributed by atoms with Gasteiger partial charge in [-0.25, -0.2) is 0 Å². The smallest absolute Gasteiger partial charge is 0.160 e. The van der Waals surface area contributed by atoms with Crippen LogP contribution in [0.3, 0.4) is 0 Å². The van der Waals surface area contributed by atoms with Crippen LogP contribution < -0.4 is 10.5 Å². The quantitative estimate of drug-likeness (QED) is 0.876. The molecular formula is C15H24N2O2. The predicted octanol–water partition coefficient (Wildman–Crippen LogP) is 2.28. The summed E-state index contributed by atoms with van der Waals surface area (Å²) < 4.78 is 5.08. The van der Waals surface area contributed by atoms with E-state index in [4.69, 9.17) is 10.5 Å². The number of ether oxygens (including phenoxy) is 1. The zero-order valence-electron chi connectivity index (χ0n) is 11.6. The van der Waals surface area contributed by atoms with Crippen molar-refractivity contribution in [1.29, 1.82) is 0 Å². The van der Waals surface area contributed by atoms with Crippen LogP contribution in [0.2, 0.25) is 0 Å². The van der Waals surface area contributed by atoms with Gasteiger partial charge in [-0.3, -0.25) is 4.90 Å². The van der Waals surface area contributed by atoms with Crippen LogP contribution in [0, 0.1) is 0 Å². The summed E-state index contributed by atoms with van der Waals surface area (Å²) in [6.07, 6.45) is 5.08. The third kappa shape index (κ3) is 3.39. The minimum absolute atomic E-state index is 0.188. The minimum Gasteiger partial charge on any atom is -0.504 e. The van der Waals surface area contributed by atoms with Gasteiger partial charge in [-0.05, 0) is 43.6 Å². The molecule has 4 nitrogen and oxygen atoms in total. The first-order chi connectivity index (χ1) is 9.26. The Morgan fingerprint density at radius 1 is 1.26 bits per heavy atom. The number of phenols is 1. The number of nitrogens with two attached hydrogens (primary N) is 1. The van der Waals surface area contributed by atoms with Crippen molar-refractivity contribution >= 4 is 0 Å². The summed E-state index contributed by atoms with van der Waals surface area (Å²) in [4.78, 5) is 2.44. The van der Waals surface area contributed by atoms with Crippen LogP contribution in [-0.4, -0.2) is 36.8 Å². The van der Waals surface area contributed by atoms with Crippen LogP contribution in [0.25, 0.3) is 0 Å². The van der Waals surface area contributed by atoms with Crippen molar-refractivity contribution in [2.45, 2.75) is 31.7 Å². The third-order valence-corrected chi connectivity index (χ3v) is 3.89. The van der Waals surface area contributed by atoms with Gasteiger partial charge in [0.05, 0.1) is 7.11 Å². The highest BCUT2D eigenvalue weighted by molar-refractivity contribution is 5.42. The van der Waals surface area contributed by atoms with E-state index in [1.165, 1.54) is 25.7 Å². The highest BCUT2D eigenvalue weighted by atomic mass is 16.5. The topological polar surface area (TPSA) is 58.7 Å². The average molecular weight is 264 g/mol. The number of nitrogens with zero attached hydrogens (tertiary/aromatic N) is 1. The van der Waals surface area contributed by atoms with E-state index >= 15 is 0 Å². The van der Waals surface area contributed by atoms with Crippen molar-refractivity contribution in [2.24, 2.45) is 5.73 Å². The molecule has 4 heteroatoms. The van der Waals surface area contributed by atoms with E-state index in [-0.39, 0.29) is 11.8 Å². The molecule has 0 aliphatic carbocycles. The molecule has 1 unspecified atom stereocenters. The Morgan fingerprint density at radius 3 is 2.47 bits per heavy atom. The van der Waals surface area contributed by atoms with E-state index in [2.05, 4.69) is 4.90 Å². The first kappa shape index (κ1) is 14.2. The van der Waals surface area contributed by atoms with Crippen molar-refractivity contribution in [1.82, 2.24) is 4.90 Å². The lowest BCUT2D eigenvalue weighted by molar-refractivity contribution is 0.209. The van der Waals surface area contributed by atoms with Crippen LogP contribution in [0.1, 0.15) is 37.3 Å². The number of phenolic OH excluding ortho intramolecular Hbond substituents is 1. The molecule has 0 radical (unpaired) electrons. The Bertz CT molecular complexity index is 401. The van der Waals surface area contributed by atoms with Gasteiger partial charge in [0.2, 0.25) is 0 Å². The molecule has 1 aliphatic rings. The van der Waals surface area contributed by atoms with Gasteiger partial charge < -0.3 is 15.6 Å². The van der Waals surface area contributed by atoms with Crippen LogP contribution in [0.4, 0.5) is 0 Å². The summed E-state index contributed by atoms with van der Waals surface area (Å²) in [5.74, 6) is 0.698. The zero-order chi connectivity index (χ0) is 13.7. The standard InChI is InChI=1S/C15H24N2O2/c1-19-15-7-6-12(10-14(15)18)13(11-16)17-8-4-2-3-5-9-17/h6-7,10,13,18H,2-5,8-9,11,16H2,1H3. The van der Waals surface area contributed by atoms with Crippen molar-refractivity contribution in [2.75, 3.05) is 26.7 Å². The van der Waals surface area contributed by atoms with Gasteiger partial charge >= 0.3 is 0 Å². The van der Waals surface area contributed by atoms with Gasteiger partial charge in [0, 0.05) is 12.6 Å². The van der Waals surface area contributed by atoms with Crippen LogP contribution >= 0.6 is 0 Å². The summed E-state index contributed by atoms with van der Waals surface area (Å²) in [7, 11) is 1.56. The molecule has 1 aliphatic heterocycles. The Hall–Kier alpha value is -1.26. The predicted molar refractivity (Wildman–Crippen MR) is 76.5 cm³/mol. The molecule has 1 aromatic carbocycles. The lowest BCUT2D eigenvalue weighted by atomic mass is 10.0. The fraction of sp³-hybridized carbons (Fsp3) is 0.600.